The van der Waals surface area contributed by atoms with Crippen LogP contribution in [0.3, 0.4) is 0 Å². The van der Waals surface area contributed by atoms with Crippen molar-refractivity contribution in [3.63, 3.8) is 0 Å². The lowest BCUT2D eigenvalue weighted by atomic mass is 10.1. The zero-order valence-corrected chi connectivity index (χ0v) is 16.6. The third-order valence-corrected chi connectivity index (χ3v) is 5.35. The van der Waals surface area contributed by atoms with E-state index in [-0.39, 0.29) is 17.0 Å². The monoisotopic (exact) mass is 398 g/mol. The number of pyridine rings is 1. The third-order valence-electron chi connectivity index (χ3n) is 5.14. The first-order chi connectivity index (χ1) is 13.5. The van der Waals surface area contributed by atoms with E-state index >= 15 is 0 Å². The van der Waals surface area contributed by atoms with Crippen LogP contribution in [0.5, 0.6) is 5.75 Å². The minimum atomic E-state index is -0.240. The first-order valence-electron chi connectivity index (χ1n) is 9.39. The molecule has 0 bridgehead atoms. The van der Waals surface area contributed by atoms with E-state index in [0.717, 1.165) is 32.7 Å². The summed E-state index contributed by atoms with van der Waals surface area (Å²) in [5.41, 5.74) is 3.27. The first kappa shape index (κ1) is 18.9. The first-order valence-corrected chi connectivity index (χ1v) is 9.77. The summed E-state index contributed by atoms with van der Waals surface area (Å²) in [6, 6.07) is 11.6. The average Bonchev–Trinajstić information content (AvgIpc) is 2.66. The van der Waals surface area contributed by atoms with Crippen molar-refractivity contribution < 1.29 is 5.11 Å². The van der Waals surface area contributed by atoms with Gasteiger partial charge in [-0.1, -0.05) is 41.4 Å². The Hall–Kier alpha value is -2.41. The van der Waals surface area contributed by atoms with Crippen molar-refractivity contribution >= 4 is 17.2 Å². The van der Waals surface area contributed by atoms with Gasteiger partial charge in [-0.3, -0.25) is 19.0 Å². The van der Waals surface area contributed by atoms with E-state index in [0.29, 0.717) is 17.3 Å². The molecule has 3 heterocycles. The van der Waals surface area contributed by atoms with E-state index in [4.69, 9.17) is 11.6 Å². The number of benzene rings is 1. The molecule has 0 aliphatic carbocycles. The molecule has 1 saturated heterocycles. The van der Waals surface area contributed by atoms with Crippen molar-refractivity contribution in [1.29, 1.82) is 0 Å². The van der Waals surface area contributed by atoms with Crippen molar-refractivity contribution in [2.75, 3.05) is 26.2 Å². The average molecular weight is 399 g/mol. The fraction of sp³-hybridized carbons (Fsp3) is 0.333. The maximum atomic E-state index is 12.4. The second-order valence-electron chi connectivity index (χ2n) is 7.36. The Morgan fingerprint density at radius 1 is 1.04 bits per heavy atom. The molecule has 2 aromatic heterocycles. The van der Waals surface area contributed by atoms with Gasteiger partial charge in [0.1, 0.15) is 0 Å². The molecule has 7 heteroatoms. The zero-order chi connectivity index (χ0) is 19.7. The highest BCUT2D eigenvalue weighted by Crippen LogP contribution is 2.21. The summed E-state index contributed by atoms with van der Waals surface area (Å²) in [4.78, 5) is 21.5. The molecule has 0 radical (unpaired) electrons. The van der Waals surface area contributed by atoms with Gasteiger partial charge in [0.25, 0.3) is 5.56 Å². The molecule has 1 aliphatic rings. The van der Waals surface area contributed by atoms with Crippen molar-refractivity contribution in [3.05, 3.63) is 74.8 Å². The second kappa shape index (κ2) is 7.91. The van der Waals surface area contributed by atoms with E-state index in [2.05, 4.69) is 46.0 Å². The number of fused-ring (bicyclic) bond motifs is 1. The molecule has 1 aliphatic heterocycles. The van der Waals surface area contributed by atoms with E-state index < -0.39 is 0 Å². The number of piperazine rings is 1. The third kappa shape index (κ3) is 4.19. The molecule has 146 valence electrons. The van der Waals surface area contributed by atoms with Crippen LogP contribution in [0.4, 0.5) is 0 Å². The lowest BCUT2D eigenvalue weighted by Gasteiger charge is -2.34. The van der Waals surface area contributed by atoms with Crippen LogP contribution in [0.1, 0.15) is 16.8 Å². The second-order valence-corrected chi connectivity index (χ2v) is 7.80. The number of hydrogen-bond donors (Lipinski definition) is 1. The van der Waals surface area contributed by atoms with Crippen LogP contribution >= 0.6 is 11.6 Å². The van der Waals surface area contributed by atoms with Crippen LogP contribution in [-0.2, 0) is 13.1 Å². The summed E-state index contributed by atoms with van der Waals surface area (Å²) < 4.78 is 1.28. The highest BCUT2D eigenvalue weighted by molar-refractivity contribution is 6.30. The summed E-state index contributed by atoms with van der Waals surface area (Å²) in [5.74, 6) is -0.0885. The Kier molecular flexibility index (Phi) is 5.35. The van der Waals surface area contributed by atoms with Crippen molar-refractivity contribution in [2.45, 2.75) is 20.0 Å². The summed E-state index contributed by atoms with van der Waals surface area (Å²) in [6.45, 7) is 7.43. The van der Waals surface area contributed by atoms with Gasteiger partial charge in [0.15, 0.2) is 11.4 Å². The summed E-state index contributed by atoms with van der Waals surface area (Å²) >= 11 is 5.91. The smallest absolute Gasteiger partial charge is 0.258 e. The molecule has 1 fully saturated rings. The quantitative estimate of drug-likeness (QED) is 0.732. The predicted octanol–water partition coefficient (Wildman–Crippen LogP) is 2.68. The minimum Gasteiger partial charge on any atom is -0.504 e. The Labute approximate surface area is 168 Å². The molecule has 1 N–H and O–H groups in total. The Morgan fingerprint density at radius 2 is 1.68 bits per heavy atom. The lowest BCUT2D eigenvalue weighted by Crippen LogP contribution is -2.45. The highest BCUT2D eigenvalue weighted by Gasteiger charge is 2.18. The molecule has 3 aromatic rings. The van der Waals surface area contributed by atoms with Crippen molar-refractivity contribution in [2.24, 2.45) is 0 Å². The van der Waals surface area contributed by atoms with E-state index in [1.807, 2.05) is 0 Å². The van der Waals surface area contributed by atoms with E-state index in [1.165, 1.54) is 33.9 Å². The SMILES string of the molecule is Cc1ccc(CN2CCN(Cc3cc(=O)n4cc(Cl)cc(O)c4n3)CC2)cc1. The minimum absolute atomic E-state index is 0.0885. The number of halogens is 1. The number of aryl methyl sites for hydroxylation is 1. The fourth-order valence-electron chi connectivity index (χ4n) is 3.57. The van der Waals surface area contributed by atoms with Crippen LogP contribution in [0.2, 0.25) is 5.02 Å². The van der Waals surface area contributed by atoms with Crippen LogP contribution in [0, 0.1) is 6.92 Å². The molecule has 4 rings (SSSR count). The molecule has 0 spiro atoms. The van der Waals surface area contributed by atoms with Crippen LogP contribution in [0.15, 0.2) is 47.4 Å². The molecule has 0 amide bonds. The van der Waals surface area contributed by atoms with Gasteiger partial charge in [0.05, 0.1) is 10.7 Å². The highest BCUT2D eigenvalue weighted by atomic mass is 35.5. The molecule has 1 aromatic carbocycles. The largest absolute Gasteiger partial charge is 0.504 e. The summed E-state index contributed by atoms with van der Waals surface area (Å²) in [6.07, 6.45) is 1.47. The van der Waals surface area contributed by atoms with Crippen LogP contribution in [-0.4, -0.2) is 50.5 Å². The molecule has 0 unspecified atom stereocenters. The van der Waals surface area contributed by atoms with Gasteiger partial charge >= 0.3 is 0 Å². The molecule has 6 nitrogen and oxygen atoms in total. The molecule has 28 heavy (non-hydrogen) atoms. The van der Waals surface area contributed by atoms with Crippen LogP contribution in [0.25, 0.3) is 5.65 Å². The van der Waals surface area contributed by atoms with Crippen molar-refractivity contribution in [3.8, 4) is 5.75 Å². The number of rotatable bonds is 4. The zero-order valence-electron chi connectivity index (χ0n) is 15.8. The van der Waals surface area contributed by atoms with E-state index in [9.17, 15) is 9.90 Å². The number of aromatic nitrogens is 2. The standard InChI is InChI=1S/C21H23ClN4O2/c1-15-2-4-16(5-3-15)12-24-6-8-25(9-7-24)14-18-11-20(28)26-13-17(22)10-19(27)21(26)23-18/h2-5,10-11,13,27H,6-9,12,14H2,1H3. The fourth-order valence-corrected chi connectivity index (χ4v) is 3.77. The van der Waals surface area contributed by atoms with Gasteiger partial charge in [0.2, 0.25) is 0 Å². The number of aromatic hydroxyl groups is 1. The molecular formula is C21H23ClN4O2. The van der Waals surface area contributed by atoms with Gasteiger partial charge in [0, 0.05) is 57.6 Å². The maximum absolute atomic E-state index is 12.4. The van der Waals surface area contributed by atoms with Gasteiger partial charge in [-0.2, -0.15) is 0 Å². The molecular weight excluding hydrogens is 376 g/mol. The Morgan fingerprint density at radius 3 is 2.36 bits per heavy atom. The van der Waals surface area contributed by atoms with Gasteiger partial charge in [-0.25, -0.2) is 4.98 Å². The van der Waals surface area contributed by atoms with Gasteiger partial charge < -0.3 is 5.11 Å². The summed E-state index contributed by atoms with van der Waals surface area (Å²) in [5, 5.41) is 10.4. The van der Waals surface area contributed by atoms with E-state index in [1.54, 1.807) is 0 Å². The number of nitrogens with zero attached hydrogens (tertiary/aromatic N) is 4. The maximum Gasteiger partial charge on any atom is 0.258 e. The van der Waals surface area contributed by atoms with Gasteiger partial charge in [-0.15, -0.1) is 0 Å². The van der Waals surface area contributed by atoms with Crippen LogP contribution < -0.4 is 5.56 Å². The Bertz CT molecular complexity index is 1040. The van der Waals surface area contributed by atoms with Crippen molar-refractivity contribution in [1.82, 2.24) is 19.2 Å². The molecule has 0 saturated carbocycles. The summed E-state index contributed by atoms with van der Waals surface area (Å²) in [7, 11) is 0. The Balaban J connectivity index is 1.41. The number of hydrogen-bond acceptors (Lipinski definition) is 5. The van der Waals surface area contributed by atoms with Gasteiger partial charge in [-0.05, 0) is 12.5 Å². The predicted molar refractivity (Wildman–Crippen MR) is 110 cm³/mol. The lowest BCUT2D eigenvalue weighted by molar-refractivity contribution is 0.121. The normalized spacial score (nSPS) is 15.9. The topological polar surface area (TPSA) is 61.1 Å². The molecule has 0 atom stereocenters.